The van der Waals surface area contributed by atoms with Crippen molar-refractivity contribution in [2.24, 2.45) is 0 Å². The highest BCUT2D eigenvalue weighted by Gasteiger charge is 2.30. The maximum absolute atomic E-state index is 12.9. The molecule has 122 valence electrons. The lowest BCUT2D eigenvalue weighted by molar-refractivity contribution is -0.144. The molecule has 1 saturated heterocycles. The van der Waals surface area contributed by atoms with E-state index in [9.17, 15) is 4.79 Å². The number of ether oxygens (including phenoxy) is 1. The van der Waals surface area contributed by atoms with Gasteiger partial charge in [0.25, 0.3) is 5.91 Å². The van der Waals surface area contributed by atoms with Gasteiger partial charge in [0.1, 0.15) is 5.82 Å². The summed E-state index contributed by atoms with van der Waals surface area (Å²) < 4.78 is 7.66. The van der Waals surface area contributed by atoms with Crippen LogP contribution in [-0.4, -0.2) is 40.6 Å². The highest BCUT2D eigenvalue weighted by Crippen LogP contribution is 2.26. The summed E-state index contributed by atoms with van der Waals surface area (Å²) in [5.74, 6) is 1.04. The van der Waals surface area contributed by atoms with Crippen LogP contribution in [0.4, 0.5) is 0 Å². The summed E-state index contributed by atoms with van der Waals surface area (Å²) in [6.45, 7) is 3.50. The Bertz CT molecular complexity index is 653. The zero-order chi connectivity index (χ0) is 16.2. The Labute approximate surface area is 136 Å². The summed E-state index contributed by atoms with van der Waals surface area (Å²) in [5.41, 5.74) is 0.904. The summed E-state index contributed by atoms with van der Waals surface area (Å²) in [5, 5.41) is 0. The Morgan fingerprint density at radius 2 is 2.13 bits per heavy atom. The molecule has 2 heterocycles. The molecule has 1 aliphatic rings. The SMILES string of the molecule is CO[C@H](C(=O)N1CCC[C@H](n2ccnc2C)C1)c1ccccc1. The van der Waals surface area contributed by atoms with Crippen molar-refractivity contribution in [2.45, 2.75) is 31.9 Å². The highest BCUT2D eigenvalue weighted by molar-refractivity contribution is 5.82. The molecular weight excluding hydrogens is 290 g/mol. The summed E-state index contributed by atoms with van der Waals surface area (Å²) in [7, 11) is 1.59. The topological polar surface area (TPSA) is 47.4 Å². The third-order valence-corrected chi connectivity index (χ3v) is 4.53. The third-order valence-electron chi connectivity index (χ3n) is 4.53. The van der Waals surface area contributed by atoms with Crippen molar-refractivity contribution in [1.29, 1.82) is 0 Å². The number of piperidine rings is 1. The van der Waals surface area contributed by atoms with E-state index in [4.69, 9.17) is 4.74 Å². The van der Waals surface area contributed by atoms with Crippen molar-refractivity contribution in [1.82, 2.24) is 14.5 Å². The van der Waals surface area contributed by atoms with E-state index < -0.39 is 6.10 Å². The van der Waals surface area contributed by atoms with Gasteiger partial charge in [-0.1, -0.05) is 30.3 Å². The Morgan fingerprint density at radius 1 is 1.35 bits per heavy atom. The molecule has 3 rings (SSSR count). The Morgan fingerprint density at radius 3 is 2.78 bits per heavy atom. The minimum atomic E-state index is -0.529. The van der Waals surface area contributed by atoms with Crippen molar-refractivity contribution in [3.63, 3.8) is 0 Å². The average molecular weight is 313 g/mol. The predicted octanol–water partition coefficient (Wildman–Crippen LogP) is 2.74. The highest BCUT2D eigenvalue weighted by atomic mass is 16.5. The minimum absolute atomic E-state index is 0.0427. The van der Waals surface area contributed by atoms with Crippen LogP contribution < -0.4 is 0 Å². The number of hydrogen-bond donors (Lipinski definition) is 0. The van der Waals surface area contributed by atoms with Crippen molar-refractivity contribution < 1.29 is 9.53 Å². The van der Waals surface area contributed by atoms with Gasteiger partial charge < -0.3 is 14.2 Å². The van der Waals surface area contributed by atoms with Gasteiger partial charge in [-0.3, -0.25) is 4.79 Å². The largest absolute Gasteiger partial charge is 0.367 e. The number of benzene rings is 1. The molecule has 0 radical (unpaired) electrons. The summed E-state index contributed by atoms with van der Waals surface area (Å²) >= 11 is 0. The molecule has 0 spiro atoms. The van der Waals surface area contributed by atoms with Gasteiger partial charge in [-0.25, -0.2) is 4.98 Å². The Balaban J connectivity index is 1.75. The lowest BCUT2D eigenvalue weighted by atomic mass is 10.0. The number of rotatable bonds is 4. The molecule has 0 aliphatic carbocycles. The van der Waals surface area contributed by atoms with Crippen LogP contribution in [-0.2, 0) is 9.53 Å². The van der Waals surface area contributed by atoms with E-state index in [1.807, 2.05) is 54.5 Å². The second kappa shape index (κ2) is 6.96. The van der Waals surface area contributed by atoms with E-state index in [2.05, 4.69) is 9.55 Å². The van der Waals surface area contributed by atoms with Gasteiger partial charge in [0, 0.05) is 32.6 Å². The first kappa shape index (κ1) is 15.7. The number of amides is 1. The van der Waals surface area contributed by atoms with E-state index in [0.29, 0.717) is 12.6 Å². The van der Waals surface area contributed by atoms with Gasteiger partial charge >= 0.3 is 0 Å². The van der Waals surface area contributed by atoms with Crippen molar-refractivity contribution in [2.75, 3.05) is 20.2 Å². The summed E-state index contributed by atoms with van der Waals surface area (Å²) in [6, 6.07) is 9.98. The standard InChI is InChI=1S/C18H23N3O2/c1-14-19-10-12-21(14)16-9-6-11-20(13-16)18(22)17(23-2)15-7-4-3-5-8-15/h3-5,7-8,10,12,16-17H,6,9,11,13H2,1-2H3/t16-,17-/m0/s1. The maximum Gasteiger partial charge on any atom is 0.256 e. The number of aryl methyl sites for hydroxylation is 1. The summed E-state index contributed by atoms with van der Waals surface area (Å²) in [4.78, 5) is 19.1. The van der Waals surface area contributed by atoms with Crippen LogP contribution in [0.1, 0.15) is 36.4 Å². The molecule has 1 aromatic heterocycles. The van der Waals surface area contributed by atoms with Gasteiger partial charge in [0.15, 0.2) is 6.10 Å². The predicted molar refractivity (Wildman–Crippen MR) is 88.0 cm³/mol. The third kappa shape index (κ3) is 3.29. The normalized spacial score (nSPS) is 19.6. The average Bonchev–Trinajstić information content (AvgIpc) is 3.02. The van der Waals surface area contributed by atoms with Crippen LogP contribution in [0.5, 0.6) is 0 Å². The number of carbonyl (C=O) groups is 1. The van der Waals surface area contributed by atoms with E-state index in [1.165, 1.54) is 0 Å². The number of carbonyl (C=O) groups excluding carboxylic acids is 1. The molecule has 1 fully saturated rings. The molecule has 2 aromatic rings. The van der Waals surface area contributed by atoms with Crippen LogP contribution in [0.2, 0.25) is 0 Å². The van der Waals surface area contributed by atoms with Crippen LogP contribution >= 0.6 is 0 Å². The zero-order valence-electron chi connectivity index (χ0n) is 13.7. The molecule has 0 N–H and O–H groups in total. The zero-order valence-corrected chi connectivity index (χ0v) is 13.7. The molecular formula is C18H23N3O2. The molecule has 2 atom stereocenters. The van der Waals surface area contributed by atoms with Gasteiger partial charge in [-0.2, -0.15) is 0 Å². The van der Waals surface area contributed by atoms with Gasteiger partial charge in [-0.05, 0) is 25.3 Å². The fraction of sp³-hybridized carbons (Fsp3) is 0.444. The quantitative estimate of drug-likeness (QED) is 0.872. The number of aromatic nitrogens is 2. The molecule has 0 bridgehead atoms. The number of imidazole rings is 1. The first-order valence-electron chi connectivity index (χ1n) is 8.06. The van der Waals surface area contributed by atoms with Crippen LogP contribution in [0.25, 0.3) is 0 Å². The maximum atomic E-state index is 12.9. The van der Waals surface area contributed by atoms with Gasteiger partial charge in [0.2, 0.25) is 0 Å². The van der Waals surface area contributed by atoms with Gasteiger partial charge in [-0.15, -0.1) is 0 Å². The van der Waals surface area contributed by atoms with E-state index in [-0.39, 0.29) is 5.91 Å². The Hall–Kier alpha value is -2.14. The molecule has 5 nitrogen and oxygen atoms in total. The monoisotopic (exact) mass is 313 g/mol. The van der Waals surface area contributed by atoms with Crippen LogP contribution in [0.15, 0.2) is 42.7 Å². The lowest BCUT2D eigenvalue weighted by Crippen LogP contribution is -2.43. The Kier molecular flexibility index (Phi) is 4.76. The fourth-order valence-corrected chi connectivity index (χ4v) is 3.33. The molecule has 0 unspecified atom stereocenters. The molecule has 5 heteroatoms. The van der Waals surface area contributed by atoms with Crippen LogP contribution in [0, 0.1) is 6.92 Å². The van der Waals surface area contributed by atoms with E-state index >= 15 is 0 Å². The summed E-state index contributed by atoms with van der Waals surface area (Å²) in [6.07, 6.45) is 5.36. The van der Waals surface area contributed by atoms with E-state index in [0.717, 1.165) is 30.8 Å². The number of likely N-dealkylation sites (tertiary alicyclic amines) is 1. The minimum Gasteiger partial charge on any atom is -0.367 e. The van der Waals surface area contributed by atoms with Crippen molar-refractivity contribution in [3.05, 3.63) is 54.1 Å². The van der Waals surface area contributed by atoms with Crippen molar-refractivity contribution in [3.8, 4) is 0 Å². The van der Waals surface area contributed by atoms with E-state index in [1.54, 1.807) is 7.11 Å². The number of hydrogen-bond acceptors (Lipinski definition) is 3. The number of methoxy groups -OCH3 is 1. The molecule has 0 saturated carbocycles. The molecule has 1 aromatic carbocycles. The first-order chi connectivity index (χ1) is 11.2. The van der Waals surface area contributed by atoms with Gasteiger partial charge in [0.05, 0.1) is 6.04 Å². The number of nitrogens with zero attached hydrogens (tertiary/aromatic N) is 3. The molecule has 1 amide bonds. The lowest BCUT2D eigenvalue weighted by Gasteiger charge is -2.35. The first-order valence-corrected chi connectivity index (χ1v) is 8.06. The second-order valence-corrected chi connectivity index (χ2v) is 5.99. The van der Waals surface area contributed by atoms with Crippen molar-refractivity contribution >= 4 is 5.91 Å². The molecule has 1 aliphatic heterocycles. The smallest absolute Gasteiger partial charge is 0.256 e. The molecule has 23 heavy (non-hydrogen) atoms. The second-order valence-electron chi connectivity index (χ2n) is 5.99. The van der Waals surface area contributed by atoms with Crippen LogP contribution in [0.3, 0.4) is 0 Å². The fourth-order valence-electron chi connectivity index (χ4n) is 3.33.